The number of nitrogens with one attached hydrogen (secondary N) is 2. The molecule has 1 unspecified atom stereocenters. The molecule has 0 radical (unpaired) electrons. The van der Waals surface area contributed by atoms with Gasteiger partial charge in [-0.1, -0.05) is 6.07 Å². The molecule has 1 heterocycles. The third-order valence-electron chi connectivity index (χ3n) is 3.48. The number of amides is 1. The smallest absolute Gasteiger partial charge is 0.251 e. The zero-order valence-corrected chi connectivity index (χ0v) is 12.3. The highest BCUT2D eigenvalue weighted by Gasteiger charge is 2.13. The van der Waals surface area contributed by atoms with Gasteiger partial charge in [0.15, 0.2) is 0 Å². The summed E-state index contributed by atoms with van der Waals surface area (Å²) in [5.74, 6) is -0.0701. The summed E-state index contributed by atoms with van der Waals surface area (Å²) in [4.78, 5) is 11.8. The van der Waals surface area contributed by atoms with Gasteiger partial charge in [-0.05, 0) is 37.6 Å². The minimum atomic E-state index is -0.0701. The molecular formula is C15H20N4O. The number of carbonyl (C=O) groups is 1. The van der Waals surface area contributed by atoms with Gasteiger partial charge in [0.1, 0.15) is 0 Å². The number of rotatable bonds is 4. The quantitative estimate of drug-likeness (QED) is 0.897. The summed E-state index contributed by atoms with van der Waals surface area (Å²) in [6.45, 7) is 4.02. The molecule has 0 saturated heterocycles. The number of anilines is 1. The molecule has 20 heavy (non-hydrogen) atoms. The molecular weight excluding hydrogens is 252 g/mol. The van der Waals surface area contributed by atoms with Gasteiger partial charge in [0.2, 0.25) is 0 Å². The third-order valence-corrected chi connectivity index (χ3v) is 3.48. The number of hydrogen-bond acceptors (Lipinski definition) is 3. The predicted molar refractivity (Wildman–Crippen MR) is 79.8 cm³/mol. The maximum atomic E-state index is 11.8. The Hall–Kier alpha value is -2.30. The van der Waals surface area contributed by atoms with E-state index in [0.29, 0.717) is 5.56 Å². The topological polar surface area (TPSA) is 59.0 Å². The molecule has 0 spiro atoms. The molecule has 5 nitrogen and oxygen atoms in total. The summed E-state index contributed by atoms with van der Waals surface area (Å²) in [6, 6.07) is 7.79. The van der Waals surface area contributed by atoms with Crippen molar-refractivity contribution in [3.05, 3.63) is 47.3 Å². The minimum absolute atomic E-state index is 0.0701. The molecule has 0 fully saturated rings. The van der Waals surface area contributed by atoms with Crippen LogP contribution in [0.25, 0.3) is 0 Å². The lowest BCUT2D eigenvalue weighted by Gasteiger charge is -2.18. The number of aromatic nitrogens is 2. The number of nitrogens with zero attached hydrogens (tertiary/aromatic N) is 2. The number of benzene rings is 1. The lowest BCUT2D eigenvalue weighted by atomic mass is 10.1. The van der Waals surface area contributed by atoms with Gasteiger partial charge in [0.05, 0.1) is 11.7 Å². The van der Waals surface area contributed by atoms with Crippen molar-refractivity contribution in [3.8, 4) is 0 Å². The van der Waals surface area contributed by atoms with Crippen molar-refractivity contribution in [1.29, 1.82) is 0 Å². The van der Waals surface area contributed by atoms with E-state index in [0.717, 1.165) is 16.9 Å². The first-order valence-corrected chi connectivity index (χ1v) is 6.60. The fraction of sp³-hybridized carbons (Fsp3) is 0.333. The second-order valence-corrected chi connectivity index (χ2v) is 4.80. The Morgan fingerprint density at radius 3 is 2.70 bits per heavy atom. The summed E-state index contributed by atoms with van der Waals surface area (Å²) >= 11 is 0. The predicted octanol–water partition coefficient (Wildman–Crippen LogP) is 2.26. The van der Waals surface area contributed by atoms with E-state index < -0.39 is 0 Å². The normalized spacial score (nSPS) is 12.0. The van der Waals surface area contributed by atoms with E-state index in [4.69, 9.17) is 0 Å². The van der Waals surface area contributed by atoms with Crippen LogP contribution < -0.4 is 10.6 Å². The standard InChI is InChI=1S/C15H20N4O/c1-10-12(15(20)16-3)6-5-7-13(10)18-11(2)14-8-9-17-19(14)4/h5-9,11,18H,1-4H3,(H,16,20). The largest absolute Gasteiger partial charge is 0.377 e. The summed E-state index contributed by atoms with van der Waals surface area (Å²) < 4.78 is 1.84. The molecule has 0 aliphatic carbocycles. The van der Waals surface area contributed by atoms with Gasteiger partial charge >= 0.3 is 0 Å². The average molecular weight is 272 g/mol. The van der Waals surface area contributed by atoms with Crippen molar-refractivity contribution < 1.29 is 4.79 Å². The first-order valence-electron chi connectivity index (χ1n) is 6.60. The maximum absolute atomic E-state index is 11.8. The van der Waals surface area contributed by atoms with Crippen LogP contribution >= 0.6 is 0 Å². The second-order valence-electron chi connectivity index (χ2n) is 4.80. The van der Waals surface area contributed by atoms with Crippen LogP contribution in [0.1, 0.15) is 34.6 Å². The first kappa shape index (κ1) is 14.1. The van der Waals surface area contributed by atoms with Crippen LogP contribution in [0.4, 0.5) is 5.69 Å². The fourth-order valence-electron chi connectivity index (χ4n) is 2.29. The highest BCUT2D eigenvalue weighted by Crippen LogP contribution is 2.24. The number of hydrogen-bond donors (Lipinski definition) is 2. The first-order chi connectivity index (χ1) is 9.54. The van der Waals surface area contributed by atoms with Gasteiger partial charge in [-0.25, -0.2) is 0 Å². The molecule has 1 aromatic heterocycles. The van der Waals surface area contributed by atoms with Crippen molar-refractivity contribution in [2.75, 3.05) is 12.4 Å². The Bertz CT molecular complexity index is 618. The van der Waals surface area contributed by atoms with Crippen LogP contribution in [0, 0.1) is 6.92 Å². The van der Waals surface area contributed by atoms with Crippen molar-refractivity contribution in [1.82, 2.24) is 15.1 Å². The van der Waals surface area contributed by atoms with Gasteiger partial charge in [0, 0.05) is 31.5 Å². The molecule has 2 rings (SSSR count). The molecule has 106 valence electrons. The van der Waals surface area contributed by atoms with E-state index >= 15 is 0 Å². The molecule has 0 bridgehead atoms. The highest BCUT2D eigenvalue weighted by atomic mass is 16.1. The van der Waals surface area contributed by atoms with E-state index in [-0.39, 0.29) is 11.9 Å². The van der Waals surface area contributed by atoms with E-state index in [1.165, 1.54) is 0 Å². The van der Waals surface area contributed by atoms with Crippen molar-refractivity contribution in [3.63, 3.8) is 0 Å². The highest BCUT2D eigenvalue weighted by molar-refractivity contribution is 5.96. The second kappa shape index (κ2) is 5.77. The Kier molecular flexibility index (Phi) is 4.08. The van der Waals surface area contributed by atoms with E-state index in [2.05, 4.69) is 22.7 Å². The average Bonchev–Trinajstić information content (AvgIpc) is 2.86. The van der Waals surface area contributed by atoms with Crippen LogP contribution in [0.3, 0.4) is 0 Å². The van der Waals surface area contributed by atoms with Gasteiger partial charge in [-0.2, -0.15) is 5.10 Å². The third kappa shape index (κ3) is 2.66. The molecule has 1 amide bonds. The Labute approximate surface area is 119 Å². The van der Waals surface area contributed by atoms with Crippen molar-refractivity contribution in [2.24, 2.45) is 7.05 Å². The molecule has 2 N–H and O–H groups in total. The van der Waals surface area contributed by atoms with E-state index in [9.17, 15) is 4.79 Å². The monoisotopic (exact) mass is 272 g/mol. The molecule has 1 aromatic carbocycles. The van der Waals surface area contributed by atoms with Gasteiger partial charge in [0.25, 0.3) is 5.91 Å². The van der Waals surface area contributed by atoms with Gasteiger partial charge in [-0.15, -0.1) is 0 Å². The molecule has 0 saturated carbocycles. The van der Waals surface area contributed by atoms with Crippen LogP contribution in [0.15, 0.2) is 30.5 Å². The Morgan fingerprint density at radius 1 is 1.35 bits per heavy atom. The lowest BCUT2D eigenvalue weighted by Crippen LogP contribution is -2.20. The summed E-state index contributed by atoms with van der Waals surface area (Å²) in [5.41, 5.74) is 3.69. The van der Waals surface area contributed by atoms with Crippen LogP contribution in [0.5, 0.6) is 0 Å². The molecule has 2 aromatic rings. The van der Waals surface area contributed by atoms with Gasteiger partial charge < -0.3 is 10.6 Å². The number of carbonyl (C=O) groups excluding carboxylic acids is 1. The van der Waals surface area contributed by atoms with E-state index in [1.807, 2.05) is 42.9 Å². The summed E-state index contributed by atoms with van der Waals surface area (Å²) in [5, 5.41) is 10.3. The Balaban J connectivity index is 2.26. The minimum Gasteiger partial charge on any atom is -0.377 e. The van der Waals surface area contributed by atoms with Crippen LogP contribution in [-0.2, 0) is 7.05 Å². The zero-order valence-electron chi connectivity index (χ0n) is 12.3. The molecule has 0 aliphatic heterocycles. The maximum Gasteiger partial charge on any atom is 0.251 e. The van der Waals surface area contributed by atoms with Crippen molar-refractivity contribution >= 4 is 11.6 Å². The SMILES string of the molecule is CNC(=O)c1cccc(NC(C)c2ccnn2C)c1C. The number of aryl methyl sites for hydroxylation is 1. The summed E-state index contributed by atoms with van der Waals surface area (Å²) in [6.07, 6.45) is 1.78. The van der Waals surface area contributed by atoms with Crippen LogP contribution in [0.2, 0.25) is 0 Å². The fourth-order valence-corrected chi connectivity index (χ4v) is 2.29. The molecule has 1 atom stereocenters. The zero-order chi connectivity index (χ0) is 14.7. The van der Waals surface area contributed by atoms with Crippen molar-refractivity contribution in [2.45, 2.75) is 19.9 Å². The summed E-state index contributed by atoms with van der Waals surface area (Å²) in [7, 11) is 3.56. The van der Waals surface area contributed by atoms with E-state index in [1.54, 1.807) is 13.2 Å². The van der Waals surface area contributed by atoms with Crippen LogP contribution in [-0.4, -0.2) is 22.7 Å². The lowest BCUT2D eigenvalue weighted by molar-refractivity contribution is 0.0962. The van der Waals surface area contributed by atoms with Gasteiger partial charge in [-0.3, -0.25) is 9.48 Å². The molecule has 0 aliphatic rings. The Morgan fingerprint density at radius 2 is 2.10 bits per heavy atom. The molecule has 5 heteroatoms.